The van der Waals surface area contributed by atoms with Crippen molar-refractivity contribution in [1.29, 1.82) is 0 Å². The number of aromatic nitrogens is 6. The van der Waals surface area contributed by atoms with Crippen LogP contribution in [0.5, 0.6) is 0 Å². The molecule has 0 saturated heterocycles. The van der Waals surface area contributed by atoms with Gasteiger partial charge in [0.05, 0.1) is 17.8 Å². The molecule has 0 fully saturated rings. The third-order valence-electron chi connectivity index (χ3n) is 2.21. The number of tetrazole rings is 1. The van der Waals surface area contributed by atoms with Crippen molar-refractivity contribution >= 4 is 22.6 Å². The quantitative estimate of drug-likeness (QED) is 0.804. The van der Waals surface area contributed by atoms with Crippen LogP contribution in [-0.2, 0) is 6.54 Å². The Hall–Kier alpha value is -0.990. The maximum Gasteiger partial charge on any atom is 0.209 e. The molecule has 2 aromatic rings. The molecular weight excluding hydrogens is 319 g/mol. The Bertz CT molecular complexity index is 486. The maximum absolute atomic E-state index is 4.32. The van der Waals surface area contributed by atoms with Crippen molar-refractivity contribution in [2.24, 2.45) is 0 Å². The average molecular weight is 332 g/mol. The highest BCUT2D eigenvalue weighted by Crippen LogP contribution is 2.21. The van der Waals surface area contributed by atoms with Crippen molar-refractivity contribution in [2.75, 3.05) is 0 Å². The zero-order valence-corrected chi connectivity index (χ0v) is 11.6. The van der Waals surface area contributed by atoms with Crippen molar-refractivity contribution in [1.82, 2.24) is 30.0 Å². The fourth-order valence-electron chi connectivity index (χ4n) is 1.29. The predicted molar refractivity (Wildman–Crippen MR) is 67.8 cm³/mol. The fourth-order valence-corrected chi connectivity index (χ4v) is 2.14. The minimum absolute atomic E-state index is 0.222. The van der Waals surface area contributed by atoms with E-state index in [9.17, 15) is 0 Å². The lowest BCUT2D eigenvalue weighted by Crippen LogP contribution is -2.04. The molecule has 86 valence electrons. The van der Waals surface area contributed by atoms with Crippen molar-refractivity contribution < 1.29 is 0 Å². The summed E-state index contributed by atoms with van der Waals surface area (Å²) in [6.07, 6.45) is 1.78. The van der Waals surface area contributed by atoms with E-state index in [0.717, 1.165) is 15.8 Å². The van der Waals surface area contributed by atoms with Gasteiger partial charge in [-0.2, -0.15) is 9.90 Å². The van der Waals surface area contributed by atoms with Gasteiger partial charge in [-0.25, -0.2) is 0 Å². The Morgan fingerprint density at radius 3 is 2.69 bits per heavy atom. The van der Waals surface area contributed by atoms with E-state index in [1.165, 1.54) is 0 Å². The number of halogens is 1. The van der Waals surface area contributed by atoms with Gasteiger partial charge in [-0.1, -0.05) is 0 Å². The molecule has 0 N–H and O–H groups in total. The first kappa shape index (κ1) is 11.5. The highest BCUT2D eigenvalue weighted by Gasteiger charge is 2.14. The molecule has 0 unspecified atom stereocenters. The van der Waals surface area contributed by atoms with E-state index >= 15 is 0 Å². The Morgan fingerprint density at radius 2 is 2.19 bits per heavy atom. The predicted octanol–water partition coefficient (Wildman–Crippen LogP) is 1.74. The van der Waals surface area contributed by atoms with E-state index < -0.39 is 0 Å². The summed E-state index contributed by atoms with van der Waals surface area (Å²) >= 11 is 2.25. The van der Waals surface area contributed by atoms with Gasteiger partial charge in [-0.05, 0) is 48.6 Å². The van der Waals surface area contributed by atoms with Crippen LogP contribution >= 0.6 is 22.6 Å². The minimum Gasteiger partial charge on any atom is -0.259 e. The molecule has 16 heavy (non-hydrogen) atoms. The topological polar surface area (TPSA) is 61.4 Å². The smallest absolute Gasteiger partial charge is 0.209 e. The van der Waals surface area contributed by atoms with Crippen molar-refractivity contribution in [2.45, 2.75) is 33.4 Å². The van der Waals surface area contributed by atoms with Crippen molar-refractivity contribution in [3.63, 3.8) is 0 Å². The zero-order chi connectivity index (χ0) is 11.7. The number of rotatable bonds is 3. The molecule has 0 aliphatic rings. The molecule has 0 spiro atoms. The molecule has 0 bridgehead atoms. The molecule has 2 rings (SSSR count). The van der Waals surface area contributed by atoms with E-state index in [-0.39, 0.29) is 6.04 Å². The van der Waals surface area contributed by atoms with E-state index in [1.54, 1.807) is 11.0 Å². The van der Waals surface area contributed by atoms with Gasteiger partial charge in [0.15, 0.2) is 0 Å². The molecule has 0 amide bonds. The second kappa shape index (κ2) is 4.48. The van der Waals surface area contributed by atoms with Crippen LogP contribution in [0.4, 0.5) is 0 Å². The van der Waals surface area contributed by atoms with Crippen LogP contribution < -0.4 is 0 Å². The Kier molecular flexibility index (Phi) is 3.22. The zero-order valence-electron chi connectivity index (χ0n) is 9.42. The van der Waals surface area contributed by atoms with Gasteiger partial charge in [0, 0.05) is 6.54 Å². The normalized spacial score (nSPS) is 11.3. The van der Waals surface area contributed by atoms with Crippen LogP contribution in [-0.4, -0.2) is 30.0 Å². The highest BCUT2D eigenvalue weighted by atomic mass is 127. The van der Waals surface area contributed by atoms with Crippen LogP contribution in [0.1, 0.15) is 26.8 Å². The molecule has 6 nitrogen and oxygen atoms in total. The number of nitrogens with zero attached hydrogens (tertiary/aromatic N) is 6. The second-order valence-corrected chi connectivity index (χ2v) is 4.71. The molecule has 0 radical (unpaired) electrons. The molecule has 0 aromatic carbocycles. The summed E-state index contributed by atoms with van der Waals surface area (Å²) in [5.74, 6) is 0.637. The summed E-state index contributed by atoms with van der Waals surface area (Å²) < 4.78 is 2.95. The maximum atomic E-state index is 4.32. The summed E-state index contributed by atoms with van der Waals surface area (Å²) in [4.78, 5) is 1.61. The molecule has 2 heterocycles. The molecular formula is C9H13IN6. The van der Waals surface area contributed by atoms with Gasteiger partial charge in [0.1, 0.15) is 3.70 Å². The lowest BCUT2D eigenvalue weighted by molar-refractivity contribution is 0.455. The molecule has 0 atom stereocenters. The van der Waals surface area contributed by atoms with Crippen LogP contribution in [0, 0.1) is 3.70 Å². The van der Waals surface area contributed by atoms with Gasteiger partial charge in [0.2, 0.25) is 5.82 Å². The molecule has 0 aliphatic carbocycles. The first-order valence-electron chi connectivity index (χ1n) is 5.14. The van der Waals surface area contributed by atoms with E-state index in [1.807, 2.05) is 18.5 Å². The number of hydrogen-bond acceptors (Lipinski definition) is 4. The fraction of sp³-hybridized carbons (Fsp3) is 0.556. The summed E-state index contributed by atoms with van der Waals surface area (Å²) in [7, 11) is 0. The van der Waals surface area contributed by atoms with Gasteiger partial charge in [-0.15, -0.1) is 10.2 Å². The molecule has 7 heteroatoms. The Labute approximate surface area is 107 Å². The largest absolute Gasteiger partial charge is 0.259 e. The number of aryl methyl sites for hydroxylation is 1. The second-order valence-electron chi connectivity index (χ2n) is 3.69. The minimum atomic E-state index is 0.222. The molecule has 2 aromatic heterocycles. The number of hydrogen-bond donors (Lipinski definition) is 0. The lowest BCUT2D eigenvalue weighted by atomic mass is 10.3. The van der Waals surface area contributed by atoms with Gasteiger partial charge in [0.25, 0.3) is 0 Å². The SMILES string of the molecule is CCn1ncc(-c2nnn(C(C)C)n2)c1I. The Morgan fingerprint density at radius 1 is 1.44 bits per heavy atom. The third-order valence-corrected chi connectivity index (χ3v) is 3.34. The summed E-state index contributed by atoms with van der Waals surface area (Å²) in [5, 5.41) is 16.6. The van der Waals surface area contributed by atoms with Crippen LogP contribution in [0.15, 0.2) is 6.20 Å². The van der Waals surface area contributed by atoms with E-state index in [0.29, 0.717) is 5.82 Å². The van der Waals surface area contributed by atoms with Gasteiger partial charge >= 0.3 is 0 Å². The summed E-state index contributed by atoms with van der Waals surface area (Å²) in [6.45, 7) is 6.94. The van der Waals surface area contributed by atoms with Crippen LogP contribution in [0.25, 0.3) is 11.4 Å². The first-order chi connectivity index (χ1) is 7.63. The van der Waals surface area contributed by atoms with Crippen LogP contribution in [0.3, 0.4) is 0 Å². The lowest BCUT2D eigenvalue weighted by Gasteiger charge is -1.99. The molecule has 0 aliphatic heterocycles. The van der Waals surface area contributed by atoms with E-state index in [2.05, 4.69) is 50.0 Å². The van der Waals surface area contributed by atoms with Crippen molar-refractivity contribution in [3.8, 4) is 11.4 Å². The Balaban J connectivity index is 2.39. The summed E-state index contributed by atoms with van der Waals surface area (Å²) in [5.41, 5.74) is 0.939. The first-order valence-corrected chi connectivity index (χ1v) is 6.22. The summed E-state index contributed by atoms with van der Waals surface area (Å²) in [6, 6.07) is 0.222. The third kappa shape index (κ3) is 1.95. The van der Waals surface area contributed by atoms with Crippen LogP contribution in [0.2, 0.25) is 0 Å². The average Bonchev–Trinajstić information content (AvgIpc) is 2.83. The van der Waals surface area contributed by atoms with Crippen molar-refractivity contribution in [3.05, 3.63) is 9.90 Å². The van der Waals surface area contributed by atoms with Gasteiger partial charge < -0.3 is 0 Å². The monoisotopic (exact) mass is 332 g/mol. The highest BCUT2D eigenvalue weighted by molar-refractivity contribution is 14.1. The molecule has 0 saturated carbocycles. The van der Waals surface area contributed by atoms with Gasteiger partial charge in [-0.3, -0.25) is 4.68 Å². The van der Waals surface area contributed by atoms with E-state index in [4.69, 9.17) is 0 Å². The standard InChI is InChI=1S/C9H13IN6/c1-4-15-8(10)7(5-11-15)9-12-14-16(13-9)6(2)3/h5-6H,4H2,1-3H3.